The summed E-state index contributed by atoms with van der Waals surface area (Å²) in [5, 5.41) is 6.30. The van der Waals surface area contributed by atoms with E-state index >= 15 is 0 Å². The number of benzene rings is 1. The molecule has 4 heteroatoms. The number of amides is 1. The van der Waals surface area contributed by atoms with E-state index in [1.165, 1.54) is 19.3 Å². The minimum atomic E-state index is -0.168. The predicted molar refractivity (Wildman–Crippen MR) is 70.9 cm³/mol. The topological polar surface area (TPSA) is 41.1 Å². The number of rotatable bonds is 3. The van der Waals surface area contributed by atoms with Crippen molar-refractivity contribution in [3.05, 3.63) is 28.2 Å². The molecule has 2 aliphatic rings. The van der Waals surface area contributed by atoms with Crippen LogP contribution >= 0.6 is 15.9 Å². The number of fused-ring (bicyclic) bond motifs is 1. The maximum absolute atomic E-state index is 11.9. The summed E-state index contributed by atoms with van der Waals surface area (Å²) < 4.78 is 0.996. The molecule has 3 rings (SSSR count). The van der Waals surface area contributed by atoms with Gasteiger partial charge in [-0.3, -0.25) is 4.79 Å². The monoisotopic (exact) mass is 294 g/mol. The van der Waals surface area contributed by atoms with Crippen molar-refractivity contribution in [1.82, 2.24) is 5.32 Å². The van der Waals surface area contributed by atoms with Crippen molar-refractivity contribution in [1.29, 1.82) is 0 Å². The molecule has 3 nitrogen and oxygen atoms in total. The minimum Gasteiger partial charge on any atom is -0.324 e. The van der Waals surface area contributed by atoms with Crippen LogP contribution in [0.5, 0.6) is 0 Å². The summed E-state index contributed by atoms with van der Waals surface area (Å²) in [7, 11) is 0. The van der Waals surface area contributed by atoms with E-state index in [1.54, 1.807) is 0 Å². The van der Waals surface area contributed by atoms with Gasteiger partial charge in [0.1, 0.15) is 6.04 Å². The van der Waals surface area contributed by atoms with E-state index in [1.807, 2.05) is 18.2 Å². The normalized spacial score (nSPS) is 23.1. The van der Waals surface area contributed by atoms with Crippen molar-refractivity contribution in [3.8, 4) is 0 Å². The Kier molecular flexibility index (Phi) is 2.92. The summed E-state index contributed by atoms with van der Waals surface area (Å²) in [6, 6.07) is 5.78. The molecular formula is C13H15BrN2O. The molecule has 90 valence electrons. The van der Waals surface area contributed by atoms with Gasteiger partial charge in [-0.25, -0.2) is 0 Å². The largest absolute Gasteiger partial charge is 0.324 e. The lowest BCUT2D eigenvalue weighted by Crippen LogP contribution is -2.33. The molecule has 1 aliphatic heterocycles. The minimum absolute atomic E-state index is 0.0671. The number of hydrogen-bond acceptors (Lipinski definition) is 2. The number of anilines is 1. The molecule has 1 heterocycles. The van der Waals surface area contributed by atoms with Crippen molar-refractivity contribution >= 4 is 27.5 Å². The van der Waals surface area contributed by atoms with E-state index in [0.717, 1.165) is 28.2 Å². The Bertz CT molecular complexity index is 457. The average molecular weight is 295 g/mol. The molecule has 1 unspecified atom stereocenters. The highest BCUT2D eigenvalue weighted by Crippen LogP contribution is 2.34. The molecule has 2 N–H and O–H groups in total. The zero-order valence-electron chi connectivity index (χ0n) is 9.50. The lowest BCUT2D eigenvalue weighted by atomic mass is 9.85. The van der Waals surface area contributed by atoms with Gasteiger partial charge in [0, 0.05) is 15.7 Å². The van der Waals surface area contributed by atoms with Gasteiger partial charge < -0.3 is 10.6 Å². The van der Waals surface area contributed by atoms with Gasteiger partial charge in [0.15, 0.2) is 0 Å². The maximum atomic E-state index is 11.9. The summed E-state index contributed by atoms with van der Waals surface area (Å²) in [5.41, 5.74) is 1.99. The lowest BCUT2D eigenvalue weighted by Gasteiger charge is -2.26. The van der Waals surface area contributed by atoms with Crippen LogP contribution in [-0.2, 0) is 4.79 Å². The Morgan fingerprint density at radius 2 is 2.24 bits per heavy atom. The number of hydrogen-bond donors (Lipinski definition) is 2. The van der Waals surface area contributed by atoms with Crippen LogP contribution in [-0.4, -0.2) is 12.5 Å². The molecule has 0 bridgehead atoms. The first-order valence-corrected chi connectivity index (χ1v) is 6.87. The zero-order valence-corrected chi connectivity index (χ0v) is 11.1. The molecule has 1 aromatic carbocycles. The third-order valence-corrected chi connectivity index (χ3v) is 4.18. The summed E-state index contributed by atoms with van der Waals surface area (Å²) in [5.74, 6) is 0.833. The molecule has 1 aromatic rings. The molecule has 1 atom stereocenters. The van der Waals surface area contributed by atoms with Gasteiger partial charge in [-0.15, -0.1) is 0 Å². The van der Waals surface area contributed by atoms with Gasteiger partial charge >= 0.3 is 0 Å². The standard InChI is InChI=1S/C13H15BrN2O/c14-9-4-5-10-11(6-9)16-13(17)12(10)15-7-8-2-1-3-8/h4-6,8,12,15H,1-3,7H2,(H,16,17). The lowest BCUT2D eigenvalue weighted by molar-refractivity contribution is -0.117. The summed E-state index contributed by atoms with van der Waals surface area (Å²) in [6.45, 7) is 0.952. The smallest absolute Gasteiger partial charge is 0.246 e. The van der Waals surface area contributed by atoms with Crippen LogP contribution in [0.25, 0.3) is 0 Å². The van der Waals surface area contributed by atoms with E-state index in [0.29, 0.717) is 0 Å². The molecule has 1 aliphatic carbocycles. The first kappa shape index (κ1) is 11.2. The van der Waals surface area contributed by atoms with Crippen molar-refractivity contribution in [2.75, 3.05) is 11.9 Å². The van der Waals surface area contributed by atoms with Gasteiger partial charge in [-0.05, 0) is 37.4 Å². The summed E-state index contributed by atoms with van der Waals surface area (Å²) in [6.07, 6.45) is 3.94. The van der Waals surface area contributed by atoms with E-state index in [2.05, 4.69) is 26.6 Å². The van der Waals surface area contributed by atoms with E-state index < -0.39 is 0 Å². The second-order valence-corrected chi connectivity index (χ2v) is 5.77. The highest BCUT2D eigenvalue weighted by molar-refractivity contribution is 9.10. The number of halogens is 1. The van der Waals surface area contributed by atoms with E-state index in [4.69, 9.17) is 0 Å². The van der Waals surface area contributed by atoms with Crippen LogP contribution in [0.15, 0.2) is 22.7 Å². The Morgan fingerprint density at radius 1 is 1.41 bits per heavy atom. The Balaban J connectivity index is 1.74. The van der Waals surface area contributed by atoms with Crippen molar-refractivity contribution in [2.24, 2.45) is 5.92 Å². The fraction of sp³-hybridized carbons (Fsp3) is 0.462. The van der Waals surface area contributed by atoms with E-state index in [9.17, 15) is 4.79 Å². The van der Waals surface area contributed by atoms with Crippen LogP contribution in [0.1, 0.15) is 30.9 Å². The quantitative estimate of drug-likeness (QED) is 0.900. The number of carbonyl (C=O) groups is 1. The van der Waals surface area contributed by atoms with Crippen molar-refractivity contribution in [3.63, 3.8) is 0 Å². The molecule has 0 spiro atoms. The molecule has 1 saturated carbocycles. The van der Waals surface area contributed by atoms with Gasteiger partial charge in [-0.2, -0.15) is 0 Å². The molecular weight excluding hydrogens is 280 g/mol. The average Bonchev–Trinajstić information content (AvgIpc) is 2.52. The van der Waals surface area contributed by atoms with Crippen LogP contribution in [0.4, 0.5) is 5.69 Å². The first-order chi connectivity index (χ1) is 8.24. The Hall–Kier alpha value is -0.870. The third-order valence-electron chi connectivity index (χ3n) is 3.68. The van der Waals surface area contributed by atoms with Gasteiger partial charge in [0.25, 0.3) is 0 Å². The molecule has 1 fully saturated rings. The first-order valence-electron chi connectivity index (χ1n) is 6.08. The fourth-order valence-electron chi connectivity index (χ4n) is 2.42. The van der Waals surface area contributed by atoms with Crippen molar-refractivity contribution < 1.29 is 4.79 Å². The number of nitrogens with one attached hydrogen (secondary N) is 2. The highest BCUT2D eigenvalue weighted by Gasteiger charge is 2.31. The Labute approximate surface area is 109 Å². The molecule has 17 heavy (non-hydrogen) atoms. The highest BCUT2D eigenvalue weighted by atomic mass is 79.9. The summed E-state index contributed by atoms with van der Waals surface area (Å²) >= 11 is 3.42. The SMILES string of the molecule is O=C1Nc2cc(Br)ccc2C1NCC1CCC1. The van der Waals surface area contributed by atoms with Gasteiger partial charge in [-0.1, -0.05) is 28.4 Å². The third kappa shape index (κ3) is 2.11. The summed E-state index contributed by atoms with van der Waals surface area (Å²) in [4.78, 5) is 11.9. The fourth-order valence-corrected chi connectivity index (χ4v) is 2.78. The van der Waals surface area contributed by atoms with Gasteiger partial charge in [0.2, 0.25) is 5.91 Å². The molecule has 0 aromatic heterocycles. The molecule has 0 saturated heterocycles. The maximum Gasteiger partial charge on any atom is 0.246 e. The van der Waals surface area contributed by atoms with Crippen LogP contribution in [0.2, 0.25) is 0 Å². The van der Waals surface area contributed by atoms with Crippen LogP contribution < -0.4 is 10.6 Å². The van der Waals surface area contributed by atoms with Gasteiger partial charge in [0.05, 0.1) is 0 Å². The van der Waals surface area contributed by atoms with Crippen LogP contribution in [0, 0.1) is 5.92 Å². The molecule has 0 radical (unpaired) electrons. The van der Waals surface area contributed by atoms with E-state index in [-0.39, 0.29) is 11.9 Å². The zero-order chi connectivity index (χ0) is 11.8. The molecule has 1 amide bonds. The Morgan fingerprint density at radius 3 is 2.94 bits per heavy atom. The van der Waals surface area contributed by atoms with Crippen LogP contribution in [0.3, 0.4) is 0 Å². The second kappa shape index (κ2) is 4.42. The predicted octanol–water partition coefficient (Wildman–Crippen LogP) is 2.83. The second-order valence-electron chi connectivity index (χ2n) is 4.86. The number of carbonyl (C=O) groups excluding carboxylic acids is 1. The van der Waals surface area contributed by atoms with Crippen molar-refractivity contribution in [2.45, 2.75) is 25.3 Å².